The summed E-state index contributed by atoms with van der Waals surface area (Å²) in [7, 11) is -1.02. The van der Waals surface area contributed by atoms with Crippen molar-refractivity contribution in [3.05, 3.63) is 29.1 Å². The van der Waals surface area contributed by atoms with Crippen LogP contribution in [0.2, 0.25) is 0 Å². The molecule has 3 atom stereocenters. The Balaban J connectivity index is 1.84. The Labute approximate surface area is 140 Å². The summed E-state index contributed by atoms with van der Waals surface area (Å²) in [5, 5.41) is 1.64. The molecule has 1 fully saturated rings. The van der Waals surface area contributed by atoms with Gasteiger partial charge in [-0.05, 0) is 63.5 Å². The summed E-state index contributed by atoms with van der Waals surface area (Å²) < 4.78 is 12.6. The van der Waals surface area contributed by atoms with Gasteiger partial charge in [0.15, 0.2) is 6.29 Å². The fraction of sp³-hybridized carbons (Fsp3) is 0.647. The third-order valence-corrected chi connectivity index (χ3v) is 7.19. The first-order valence-corrected chi connectivity index (χ1v) is 9.30. The third-order valence-electron chi connectivity index (χ3n) is 5.05. The first-order valence-electron chi connectivity index (χ1n) is 8.09. The molecular weight excluding hydrogens is 310 g/mol. The number of rotatable bonds is 2. The molecule has 1 aliphatic carbocycles. The van der Waals surface area contributed by atoms with Crippen LogP contribution < -0.4 is 5.84 Å². The minimum absolute atomic E-state index is 0.0816. The summed E-state index contributed by atoms with van der Waals surface area (Å²) >= 11 is 0. The highest BCUT2D eigenvalue weighted by molar-refractivity contribution is 7.86. The second-order valence-corrected chi connectivity index (χ2v) is 10.3. The molecule has 0 saturated carbocycles. The molecule has 0 radical (unpaired) electrons. The average Bonchev–Trinajstić information content (AvgIpc) is 2.85. The molecule has 126 valence electrons. The molecule has 3 rings (SSSR count). The predicted octanol–water partition coefficient (Wildman–Crippen LogP) is 1.82. The zero-order chi connectivity index (χ0) is 16.8. The summed E-state index contributed by atoms with van der Waals surface area (Å²) in [6.45, 7) is 6.75. The van der Waals surface area contributed by atoms with Gasteiger partial charge in [-0.15, -0.1) is 0 Å². The molecule has 1 spiro atoms. The van der Waals surface area contributed by atoms with Crippen LogP contribution in [0, 0.1) is 5.41 Å². The van der Waals surface area contributed by atoms with Crippen molar-refractivity contribution in [2.75, 3.05) is 6.54 Å². The zero-order valence-corrected chi connectivity index (χ0v) is 14.9. The number of nitrogens with zero attached hydrogens (tertiary/aromatic N) is 2. The highest BCUT2D eigenvalue weighted by Crippen LogP contribution is 2.46. The van der Waals surface area contributed by atoms with Crippen molar-refractivity contribution >= 4 is 17.1 Å². The van der Waals surface area contributed by atoms with Crippen LogP contribution in [-0.4, -0.2) is 37.2 Å². The van der Waals surface area contributed by atoms with Crippen LogP contribution in [0.3, 0.4) is 0 Å². The molecule has 1 aromatic rings. The van der Waals surface area contributed by atoms with Crippen LogP contribution in [0.4, 0.5) is 0 Å². The molecule has 2 aliphatic rings. The monoisotopic (exact) mass is 335 g/mol. The van der Waals surface area contributed by atoms with E-state index in [0.29, 0.717) is 5.56 Å². The Morgan fingerprint density at radius 2 is 2.17 bits per heavy atom. The molecule has 2 unspecified atom stereocenters. The number of carbonyl (C=O) groups is 1. The van der Waals surface area contributed by atoms with Gasteiger partial charge in [-0.1, -0.05) is 0 Å². The van der Waals surface area contributed by atoms with Crippen molar-refractivity contribution in [2.24, 2.45) is 11.3 Å². The lowest BCUT2D eigenvalue weighted by Crippen LogP contribution is -2.55. The fourth-order valence-electron chi connectivity index (χ4n) is 3.78. The molecule has 1 aromatic heterocycles. The van der Waals surface area contributed by atoms with E-state index in [1.807, 2.05) is 26.8 Å². The Bertz CT molecular complexity index is 656. The molecule has 0 bridgehead atoms. The van der Waals surface area contributed by atoms with Crippen molar-refractivity contribution < 1.29 is 9.00 Å². The quantitative estimate of drug-likeness (QED) is 0.659. The number of piperidine rings is 1. The lowest BCUT2D eigenvalue weighted by molar-refractivity contribution is 0.0923. The highest BCUT2D eigenvalue weighted by atomic mass is 32.2. The largest absolute Gasteiger partial charge is 0.298 e. The number of pyridine rings is 1. The summed E-state index contributed by atoms with van der Waals surface area (Å²) in [5.74, 6) is 6.16. The van der Waals surface area contributed by atoms with Crippen LogP contribution in [0.25, 0.3) is 0 Å². The van der Waals surface area contributed by atoms with Gasteiger partial charge in [0.2, 0.25) is 0 Å². The van der Waals surface area contributed by atoms with E-state index < -0.39 is 10.8 Å². The van der Waals surface area contributed by atoms with Crippen LogP contribution in [-0.2, 0) is 23.6 Å². The number of hydrogen-bond donors (Lipinski definition) is 1. The van der Waals surface area contributed by atoms with E-state index in [1.54, 1.807) is 11.2 Å². The molecule has 1 aliphatic heterocycles. The molecule has 2 heterocycles. The van der Waals surface area contributed by atoms with Crippen molar-refractivity contribution in [2.45, 2.75) is 56.6 Å². The number of hydrazine groups is 1. The van der Waals surface area contributed by atoms with Crippen LogP contribution in [0.1, 0.15) is 55.2 Å². The van der Waals surface area contributed by atoms with Gasteiger partial charge < -0.3 is 0 Å². The van der Waals surface area contributed by atoms with Gasteiger partial charge >= 0.3 is 0 Å². The maximum Gasteiger partial charge on any atom is 0.151 e. The Hall–Kier alpha value is -1.11. The first kappa shape index (κ1) is 16.7. The summed E-state index contributed by atoms with van der Waals surface area (Å²) in [5.41, 5.74) is 2.96. The average molecular weight is 335 g/mol. The number of fused-ring (bicyclic) bond motifs is 1. The molecule has 23 heavy (non-hydrogen) atoms. The highest BCUT2D eigenvalue weighted by Gasteiger charge is 2.46. The second-order valence-electron chi connectivity index (χ2n) is 7.90. The second kappa shape index (κ2) is 5.76. The molecule has 1 saturated heterocycles. The minimum atomic E-state index is -1.02. The molecule has 2 N–H and O–H groups in total. The lowest BCUT2D eigenvalue weighted by atomic mass is 9.76. The van der Waals surface area contributed by atoms with E-state index in [0.717, 1.165) is 44.2 Å². The summed E-state index contributed by atoms with van der Waals surface area (Å²) in [6, 6.07) is 1.95. The maximum absolute atomic E-state index is 12.9. The number of aromatic nitrogens is 1. The van der Waals surface area contributed by atoms with Crippen LogP contribution >= 0.6 is 0 Å². The van der Waals surface area contributed by atoms with Crippen molar-refractivity contribution in [1.29, 1.82) is 0 Å². The number of nitrogens with two attached hydrogens (primary N) is 1. The van der Waals surface area contributed by atoms with E-state index in [1.165, 1.54) is 5.56 Å². The van der Waals surface area contributed by atoms with E-state index in [9.17, 15) is 9.00 Å². The Kier molecular flexibility index (Phi) is 4.19. The van der Waals surface area contributed by atoms with Gasteiger partial charge in [0, 0.05) is 39.5 Å². The van der Waals surface area contributed by atoms with E-state index >= 15 is 0 Å². The van der Waals surface area contributed by atoms with E-state index in [4.69, 9.17) is 5.84 Å². The standard InChI is InChI=1S/C17H25N3O2S/c1-16(2,3)23(22)15-9-17(4-5-20(15)18)7-13-6-12(11-21)10-19-14(13)8-17/h6,10-11,15H,4-5,7-9,18H2,1-3H3/t15-,17?,23?/m1/s1. The summed E-state index contributed by atoms with van der Waals surface area (Å²) in [6.07, 6.45) is 6.09. The van der Waals surface area contributed by atoms with Crippen molar-refractivity contribution in [3.63, 3.8) is 0 Å². The number of aldehydes is 1. The van der Waals surface area contributed by atoms with E-state index in [-0.39, 0.29) is 15.5 Å². The first-order chi connectivity index (χ1) is 10.7. The molecule has 6 heteroatoms. The third kappa shape index (κ3) is 3.12. The van der Waals surface area contributed by atoms with Crippen LogP contribution in [0.15, 0.2) is 12.3 Å². The van der Waals surface area contributed by atoms with Crippen molar-refractivity contribution in [3.8, 4) is 0 Å². The van der Waals surface area contributed by atoms with E-state index in [2.05, 4.69) is 4.98 Å². The van der Waals surface area contributed by atoms with Gasteiger partial charge in [0.05, 0.1) is 0 Å². The fourth-order valence-corrected chi connectivity index (χ4v) is 5.46. The van der Waals surface area contributed by atoms with Gasteiger partial charge in [0.1, 0.15) is 5.37 Å². The van der Waals surface area contributed by atoms with Gasteiger partial charge in [-0.2, -0.15) is 0 Å². The predicted molar refractivity (Wildman–Crippen MR) is 91.3 cm³/mol. The lowest BCUT2D eigenvalue weighted by Gasteiger charge is -2.44. The normalized spacial score (nSPS) is 29.5. The van der Waals surface area contributed by atoms with Gasteiger partial charge in [-0.3, -0.25) is 19.8 Å². The summed E-state index contributed by atoms with van der Waals surface area (Å²) in [4.78, 5) is 15.4. The minimum Gasteiger partial charge on any atom is -0.298 e. The maximum atomic E-state index is 12.9. The molecule has 5 nitrogen and oxygen atoms in total. The number of hydrogen-bond acceptors (Lipinski definition) is 5. The zero-order valence-electron chi connectivity index (χ0n) is 14.0. The van der Waals surface area contributed by atoms with Crippen LogP contribution in [0.5, 0.6) is 0 Å². The molecular formula is C17H25N3O2S. The smallest absolute Gasteiger partial charge is 0.151 e. The molecule has 0 amide bonds. The SMILES string of the molecule is CC(C)(C)S(=O)[C@@H]1CC2(CCN1N)Cc1cc(C=O)cnc1C2. The topological polar surface area (TPSA) is 76.3 Å². The van der Waals surface area contributed by atoms with Gasteiger partial charge in [0.25, 0.3) is 0 Å². The van der Waals surface area contributed by atoms with Gasteiger partial charge in [-0.25, -0.2) is 5.01 Å². The number of carbonyl (C=O) groups excluding carboxylic acids is 1. The van der Waals surface area contributed by atoms with Crippen molar-refractivity contribution in [1.82, 2.24) is 9.99 Å². The Morgan fingerprint density at radius 3 is 2.83 bits per heavy atom. The molecule has 0 aromatic carbocycles. The Morgan fingerprint density at radius 1 is 1.43 bits per heavy atom.